The van der Waals surface area contributed by atoms with Crippen LogP contribution in [-0.2, 0) is 0 Å². The average Bonchev–Trinajstić information content (AvgIpc) is 2.11. The summed E-state index contributed by atoms with van der Waals surface area (Å²) in [6, 6.07) is 5.16. The lowest BCUT2D eigenvalue weighted by molar-refractivity contribution is 1.50. The Balaban J connectivity index is 3.66. The van der Waals surface area contributed by atoms with E-state index >= 15 is 0 Å². The molecule has 0 fully saturated rings. The van der Waals surface area contributed by atoms with Gasteiger partial charge in [0.15, 0.2) is 0 Å². The molecule has 3 heteroatoms. The monoisotopic (exact) mass is 308 g/mol. The van der Waals surface area contributed by atoms with E-state index in [2.05, 4.69) is 78.0 Å². The number of benzene rings is 1. The van der Waals surface area contributed by atoms with Crippen LogP contribution in [0.2, 0.25) is 58.9 Å². The predicted molar refractivity (Wildman–Crippen MR) is 100 cm³/mol. The highest BCUT2D eigenvalue weighted by molar-refractivity contribution is 6.99. The van der Waals surface area contributed by atoms with Gasteiger partial charge in [0, 0.05) is 0 Å². The fraction of sp³-hybridized carbons (Fsp3) is 0.625. The van der Waals surface area contributed by atoms with Crippen molar-refractivity contribution >= 4 is 39.8 Å². The summed E-state index contributed by atoms with van der Waals surface area (Å²) >= 11 is 0. The molecule has 0 bridgehead atoms. The maximum absolute atomic E-state index is 2.61. The molecule has 0 amide bonds. The van der Waals surface area contributed by atoms with E-state index < -0.39 is 24.2 Å². The fourth-order valence-electron chi connectivity index (χ4n) is 2.76. The van der Waals surface area contributed by atoms with E-state index in [-0.39, 0.29) is 0 Å². The van der Waals surface area contributed by atoms with Crippen LogP contribution in [0.5, 0.6) is 0 Å². The molecule has 19 heavy (non-hydrogen) atoms. The standard InChI is InChI=1S/C16H32Si3/c1-13-11-15(18(5,6)7)16(19(8,9)10)12-14(13)17(2,3)4/h11-12H,1-10H3. The summed E-state index contributed by atoms with van der Waals surface area (Å²) in [7, 11) is -3.75. The van der Waals surface area contributed by atoms with Crippen LogP contribution in [0.1, 0.15) is 5.56 Å². The Labute approximate surface area is 123 Å². The van der Waals surface area contributed by atoms with Gasteiger partial charge in [-0.25, -0.2) is 0 Å². The second-order valence-corrected chi connectivity index (χ2v) is 24.1. The van der Waals surface area contributed by atoms with E-state index in [4.69, 9.17) is 0 Å². The first-order valence-electron chi connectivity index (χ1n) is 7.40. The van der Waals surface area contributed by atoms with Crippen LogP contribution < -0.4 is 15.6 Å². The summed E-state index contributed by atoms with van der Waals surface area (Å²) < 4.78 is 0. The topological polar surface area (TPSA) is 0 Å². The first kappa shape index (κ1) is 16.9. The predicted octanol–water partition coefficient (Wildman–Crippen LogP) is 3.63. The smallest absolute Gasteiger partial charge is 0.0656 e. The second-order valence-electron chi connectivity index (χ2n) is 8.96. The molecule has 0 heterocycles. The van der Waals surface area contributed by atoms with Crippen molar-refractivity contribution in [2.45, 2.75) is 65.8 Å². The zero-order valence-corrected chi connectivity index (χ0v) is 17.7. The molecule has 0 radical (unpaired) electrons. The van der Waals surface area contributed by atoms with E-state index in [0.717, 1.165) is 0 Å². The first-order valence-corrected chi connectivity index (χ1v) is 17.9. The van der Waals surface area contributed by atoms with Gasteiger partial charge in [-0.1, -0.05) is 92.2 Å². The minimum Gasteiger partial charge on any atom is -0.0656 e. The summed E-state index contributed by atoms with van der Waals surface area (Å²) in [5, 5.41) is 5.12. The Morgan fingerprint density at radius 1 is 0.526 bits per heavy atom. The van der Waals surface area contributed by atoms with Crippen LogP contribution in [0.15, 0.2) is 12.1 Å². The van der Waals surface area contributed by atoms with E-state index in [9.17, 15) is 0 Å². The van der Waals surface area contributed by atoms with Gasteiger partial charge < -0.3 is 0 Å². The molecule has 0 aliphatic heterocycles. The van der Waals surface area contributed by atoms with Gasteiger partial charge in [0.25, 0.3) is 0 Å². The van der Waals surface area contributed by atoms with Gasteiger partial charge in [0.2, 0.25) is 0 Å². The number of hydrogen-bond acceptors (Lipinski definition) is 0. The maximum Gasteiger partial charge on any atom is 0.0779 e. The molecule has 1 rings (SSSR count). The number of aryl methyl sites for hydroxylation is 1. The third-order valence-corrected chi connectivity index (χ3v) is 10.3. The Hall–Kier alpha value is -0.129. The Morgan fingerprint density at radius 3 is 1.16 bits per heavy atom. The van der Waals surface area contributed by atoms with E-state index in [0.29, 0.717) is 0 Å². The molecular weight excluding hydrogens is 276 g/mol. The SMILES string of the molecule is Cc1cc([Si](C)(C)C)c([Si](C)(C)C)cc1[Si](C)(C)C. The van der Waals surface area contributed by atoms with Gasteiger partial charge in [-0.3, -0.25) is 0 Å². The third kappa shape index (κ3) is 3.92. The maximum atomic E-state index is 2.61. The molecule has 0 unspecified atom stereocenters. The fourth-order valence-corrected chi connectivity index (χ4v) is 9.97. The van der Waals surface area contributed by atoms with Gasteiger partial charge in [-0.15, -0.1) is 0 Å². The van der Waals surface area contributed by atoms with Crippen molar-refractivity contribution in [2.75, 3.05) is 0 Å². The summed E-state index contributed by atoms with van der Waals surface area (Å²) in [4.78, 5) is 0. The molecule has 0 saturated heterocycles. The van der Waals surface area contributed by atoms with Gasteiger partial charge in [0.05, 0.1) is 24.2 Å². The molecule has 0 aromatic heterocycles. The molecule has 0 atom stereocenters. The molecule has 0 nitrogen and oxygen atoms in total. The van der Waals surface area contributed by atoms with Crippen molar-refractivity contribution in [3.63, 3.8) is 0 Å². The van der Waals surface area contributed by atoms with Gasteiger partial charge >= 0.3 is 0 Å². The van der Waals surface area contributed by atoms with E-state index in [1.54, 1.807) is 21.1 Å². The molecule has 0 aliphatic carbocycles. The van der Waals surface area contributed by atoms with Crippen LogP contribution in [0.4, 0.5) is 0 Å². The summed E-state index contributed by atoms with van der Waals surface area (Å²) in [5.41, 5.74) is 1.54. The van der Waals surface area contributed by atoms with Crippen LogP contribution >= 0.6 is 0 Å². The zero-order valence-electron chi connectivity index (χ0n) is 14.7. The molecule has 0 aliphatic rings. The highest BCUT2D eigenvalue weighted by Gasteiger charge is 2.30. The zero-order chi connectivity index (χ0) is 15.2. The summed E-state index contributed by atoms with van der Waals surface area (Å²) in [6.45, 7) is 24.7. The van der Waals surface area contributed by atoms with Gasteiger partial charge in [0.1, 0.15) is 0 Å². The van der Waals surface area contributed by atoms with Crippen molar-refractivity contribution in [3.05, 3.63) is 17.7 Å². The largest absolute Gasteiger partial charge is 0.0779 e. The molecule has 0 N–H and O–H groups in total. The van der Waals surface area contributed by atoms with Crippen LogP contribution in [0, 0.1) is 6.92 Å². The Bertz CT molecular complexity index is 468. The lowest BCUT2D eigenvalue weighted by Gasteiger charge is -2.32. The van der Waals surface area contributed by atoms with Crippen LogP contribution in [0.25, 0.3) is 0 Å². The van der Waals surface area contributed by atoms with Crippen molar-refractivity contribution in [3.8, 4) is 0 Å². The second kappa shape index (κ2) is 5.01. The van der Waals surface area contributed by atoms with Crippen molar-refractivity contribution in [1.82, 2.24) is 0 Å². The summed E-state index contributed by atoms with van der Waals surface area (Å²) in [5.74, 6) is 0. The lowest BCUT2D eigenvalue weighted by Crippen LogP contribution is -2.59. The molecular formula is C16H32Si3. The van der Waals surface area contributed by atoms with E-state index in [1.807, 2.05) is 0 Å². The Morgan fingerprint density at radius 2 is 0.842 bits per heavy atom. The normalized spacial score (nSPS) is 13.8. The van der Waals surface area contributed by atoms with E-state index in [1.165, 1.54) is 0 Å². The molecule has 1 aromatic rings. The van der Waals surface area contributed by atoms with Crippen LogP contribution in [-0.4, -0.2) is 24.2 Å². The average molecular weight is 309 g/mol. The van der Waals surface area contributed by atoms with Crippen molar-refractivity contribution < 1.29 is 0 Å². The van der Waals surface area contributed by atoms with Gasteiger partial charge in [-0.2, -0.15) is 0 Å². The third-order valence-electron chi connectivity index (χ3n) is 3.79. The minimum atomic E-state index is -1.26. The quantitative estimate of drug-likeness (QED) is 0.748. The minimum absolute atomic E-state index is 1.23. The first-order chi connectivity index (χ1) is 8.24. The highest BCUT2D eigenvalue weighted by Crippen LogP contribution is 2.11. The van der Waals surface area contributed by atoms with Crippen molar-refractivity contribution in [1.29, 1.82) is 0 Å². The molecule has 1 aromatic carbocycles. The van der Waals surface area contributed by atoms with Crippen LogP contribution in [0.3, 0.4) is 0 Å². The molecule has 108 valence electrons. The van der Waals surface area contributed by atoms with Crippen molar-refractivity contribution in [2.24, 2.45) is 0 Å². The highest BCUT2D eigenvalue weighted by atomic mass is 28.3. The summed E-state index contributed by atoms with van der Waals surface area (Å²) in [6.07, 6.45) is 0. The number of rotatable bonds is 3. The Kier molecular flexibility index (Phi) is 4.46. The lowest BCUT2D eigenvalue weighted by atomic mass is 10.2. The van der Waals surface area contributed by atoms with Gasteiger partial charge in [-0.05, 0) is 6.92 Å². The molecule has 0 saturated carbocycles. The number of hydrogen-bond donors (Lipinski definition) is 0. The molecule has 0 spiro atoms.